The zero-order valence-electron chi connectivity index (χ0n) is 28.1. The number of benzene rings is 2. The van der Waals surface area contributed by atoms with E-state index in [-0.39, 0.29) is 11.8 Å². The number of methoxy groups -OCH3 is 1. The molecule has 49 heavy (non-hydrogen) atoms. The Morgan fingerprint density at radius 3 is 2.51 bits per heavy atom. The van der Waals surface area contributed by atoms with Crippen LogP contribution >= 0.6 is 0 Å². The first-order valence-electron chi connectivity index (χ1n) is 17.2. The third-order valence-electron chi connectivity index (χ3n) is 11.0. The third kappa shape index (κ3) is 5.84. The van der Waals surface area contributed by atoms with Gasteiger partial charge in [0.05, 0.1) is 23.6 Å². The summed E-state index contributed by atoms with van der Waals surface area (Å²) in [4.78, 5) is 47.3. The van der Waals surface area contributed by atoms with E-state index in [0.717, 1.165) is 85.3 Å². The van der Waals surface area contributed by atoms with Crippen molar-refractivity contribution in [1.29, 1.82) is 0 Å². The summed E-state index contributed by atoms with van der Waals surface area (Å²) in [5.41, 5.74) is 4.43. The number of amides is 2. The summed E-state index contributed by atoms with van der Waals surface area (Å²) < 4.78 is 11.9. The summed E-state index contributed by atoms with van der Waals surface area (Å²) in [5, 5.41) is 13.0. The molecule has 2 amide bonds. The Labute approximate surface area is 284 Å². The van der Waals surface area contributed by atoms with Crippen LogP contribution in [-0.4, -0.2) is 107 Å². The van der Waals surface area contributed by atoms with E-state index in [1.807, 2.05) is 46.2 Å². The lowest BCUT2D eigenvalue weighted by Gasteiger charge is -2.31. The van der Waals surface area contributed by atoms with Gasteiger partial charge in [0.25, 0.3) is 0 Å². The Hall–Kier alpha value is -4.75. The average Bonchev–Trinajstić information content (AvgIpc) is 3.91. The van der Waals surface area contributed by atoms with E-state index in [0.29, 0.717) is 44.7 Å². The smallest absolute Gasteiger partial charge is 0.388 e. The molecule has 2 aromatic heterocycles. The van der Waals surface area contributed by atoms with Crippen LogP contribution in [0.3, 0.4) is 0 Å². The molecule has 0 aliphatic carbocycles. The summed E-state index contributed by atoms with van der Waals surface area (Å²) in [6.45, 7) is 5.34. The number of aromatic nitrogens is 4. The minimum Gasteiger partial charge on any atom is -0.388 e. The van der Waals surface area contributed by atoms with Gasteiger partial charge in [-0.3, -0.25) is 19.6 Å². The van der Waals surface area contributed by atoms with Crippen molar-refractivity contribution in [2.45, 2.75) is 38.2 Å². The zero-order chi connectivity index (χ0) is 33.7. The molecular formula is C36H42N8O5. The SMILES string of the molecule is COC1CCN(c2n[nH]c3ccc(N4CCC5(CCN(CC(=O)N6CC=C(c7ccc(-c8nn(C)c(=O)o8)cc7)CC6)C5)C4=O)cc23)CC1. The number of fused-ring (bicyclic) bond motifs is 1. The number of aromatic amines is 1. The monoisotopic (exact) mass is 666 g/mol. The lowest BCUT2D eigenvalue weighted by molar-refractivity contribution is -0.132. The fraction of sp³-hybridized carbons (Fsp3) is 0.472. The number of H-pyrrole nitrogens is 1. The van der Waals surface area contributed by atoms with E-state index in [1.54, 1.807) is 14.2 Å². The van der Waals surface area contributed by atoms with Crippen molar-refractivity contribution in [3.63, 3.8) is 0 Å². The minimum atomic E-state index is -0.494. The fourth-order valence-corrected chi connectivity index (χ4v) is 7.98. The number of carbonyl (C=O) groups is 2. The van der Waals surface area contributed by atoms with Gasteiger partial charge < -0.3 is 23.9 Å². The van der Waals surface area contributed by atoms with Gasteiger partial charge in [-0.15, -0.1) is 5.10 Å². The molecule has 13 nitrogen and oxygen atoms in total. The molecule has 2 aromatic carbocycles. The molecule has 1 N–H and O–H groups in total. The molecule has 1 atom stereocenters. The van der Waals surface area contributed by atoms with Gasteiger partial charge in [0.1, 0.15) is 0 Å². The molecule has 4 aromatic rings. The number of anilines is 2. The summed E-state index contributed by atoms with van der Waals surface area (Å²) in [6.07, 6.45) is 6.67. The van der Waals surface area contributed by atoms with Crippen LogP contribution < -0.4 is 15.6 Å². The number of hydrogen-bond donors (Lipinski definition) is 1. The number of carbonyl (C=O) groups excluding carboxylic acids is 2. The lowest BCUT2D eigenvalue weighted by Crippen LogP contribution is -2.43. The molecule has 3 saturated heterocycles. The van der Waals surface area contributed by atoms with Gasteiger partial charge in [-0.25, -0.2) is 4.79 Å². The average molecular weight is 667 g/mol. The second kappa shape index (κ2) is 12.6. The van der Waals surface area contributed by atoms with Crippen LogP contribution in [0.25, 0.3) is 27.9 Å². The normalized spacial score (nSPS) is 22.2. The predicted molar refractivity (Wildman–Crippen MR) is 185 cm³/mol. The number of ether oxygens (including phenoxy) is 1. The largest absolute Gasteiger partial charge is 0.437 e. The fourth-order valence-electron chi connectivity index (χ4n) is 7.98. The van der Waals surface area contributed by atoms with Gasteiger partial charge in [-0.05, 0) is 80.1 Å². The minimum absolute atomic E-state index is 0.0997. The predicted octanol–water partition coefficient (Wildman–Crippen LogP) is 3.28. The van der Waals surface area contributed by atoms with Crippen molar-refractivity contribution >= 4 is 39.8 Å². The Morgan fingerprint density at radius 1 is 1.02 bits per heavy atom. The van der Waals surface area contributed by atoms with Crippen molar-refractivity contribution in [1.82, 2.24) is 29.8 Å². The summed E-state index contributed by atoms with van der Waals surface area (Å²) >= 11 is 0. The number of nitrogens with one attached hydrogen (secondary N) is 1. The first kappa shape index (κ1) is 31.5. The van der Waals surface area contributed by atoms with Crippen molar-refractivity contribution in [3.8, 4) is 11.5 Å². The quantitative estimate of drug-likeness (QED) is 0.316. The van der Waals surface area contributed by atoms with Crippen LogP contribution in [0.2, 0.25) is 0 Å². The topological polar surface area (TPSA) is 133 Å². The van der Waals surface area contributed by atoms with E-state index < -0.39 is 11.2 Å². The van der Waals surface area contributed by atoms with Crippen LogP contribution in [0.1, 0.15) is 37.7 Å². The highest BCUT2D eigenvalue weighted by Crippen LogP contribution is 2.43. The van der Waals surface area contributed by atoms with Gasteiger partial charge in [0.15, 0.2) is 5.82 Å². The van der Waals surface area contributed by atoms with Crippen LogP contribution in [0.5, 0.6) is 0 Å². The molecule has 0 bridgehead atoms. The standard InChI is InChI=1S/C36H42N8O5/c1-40-35(47)49-33(39-40)26-5-3-24(4-6-26)25-9-15-42(16-10-25)31(45)22-41-19-13-36(23-41)14-20-44(34(36)46)27-7-8-30-29(21-27)32(38-37-30)43-17-11-28(48-2)12-18-43/h3-9,21,28H,10-20,22-23H2,1-2H3,(H,37,38). The molecule has 6 heterocycles. The first-order chi connectivity index (χ1) is 23.8. The summed E-state index contributed by atoms with van der Waals surface area (Å²) in [5.74, 6) is 1.00. The number of likely N-dealkylation sites (tertiary alicyclic amines) is 1. The Kier molecular flexibility index (Phi) is 8.11. The third-order valence-corrected chi connectivity index (χ3v) is 11.0. The maximum atomic E-state index is 14.0. The van der Waals surface area contributed by atoms with Crippen molar-refractivity contribution in [3.05, 3.63) is 64.7 Å². The molecule has 4 aliphatic heterocycles. The zero-order valence-corrected chi connectivity index (χ0v) is 28.1. The highest BCUT2D eigenvalue weighted by molar-refractivity contribution is 6.03. The van der Waals surface area contributed by atoms with Crippen molar-refractivity contribution < 1.29 is 18.7 Å². The van der Waals surface area contributed by atoms with E-state index in [9.17, 15) is 14.4 Å². The molecule has 8 rings (SSSR count). The second-order valence-corrected chi connectivity index (χ2v) is 13.8. The number of piperidine rings is 1. The van der Waals surface area contributed by atoms with Crippen molar-refractivity contribution in [2.24, 2.45) is 12.5 Å². The van der Waals surface area contributed by atoms with E-state index in [1.165, 1.54) is 10.3 Å². The van der Waals surface area contributed by atoms with Crippen molar-refractivity contribution in [2.75, 3.05) is 69.3 Å². The molecule has 1 unspecified atom stereocenters. The molecule has 4 aliphatic rings. The summed E-state index contributed by atoms with van der Waals surface area (Å²) in [6, 6.07) is 13.9. The Morgan fingerprint density at radius 2 is 1.80 bits per heavy atom. The van der Waals surface area contributed by atoms with E-state index in [4.69, 9.17) is 9.15 Å². The lowest BCUT2D eigenvalue weighted by atomic mass is 9.85. The van der Waals surface area contributed by atoms with E-state index >= 15 is 0 Å². The Bertz CT molecular complexity index is 1970. The van der Waals surface area contributed by atoms with Gasteiger partial charge in [0, 0.05) is 70.1 Å². The van der Waals surface area contributed by atoms with E-state index in [2.05, 4.69) is 37.2 Å². The van der Waals surface area contributed by atoms with Crippen LogP contribution in [0.4, 0.5) is 11.5 Å². The van der Waals surface area contributed by atoms with Gasteiger partial charge in [-0.2, -0.15) is 9.78 Å². The molecule has 13 heteroatoms. The van der Waals surface area contributed by atoms with Gasteiger partial charge in [0.2, 0.25) is 17.7 Å². The molecule has 256 valence electrons. The number of aryl methyl sites for hydroxylation is 1. The second-order valence-electron chi connectivity index (χ2n) is 13.8. The Balaban J connectivity index is 0.875. The highest BCUT2D eigenvalue weighted by atomic mass is 16.5. The van der Waals surface area contributed by atoms with Crippen LogP contribution in [0.15, 0.2) is 57.8 Å². The number of rotatable bonds is 7. The highest BCUT2D eigenvalue weighted by Gasteiger charge is 2.51. The number of hydrogen-bond acceptors (Lipinski definition) is 9. The summed E-state index contributed by atoms with van der Waals surface area (Å²) in [7, 11) is 3.33. The molecule has 1 spiro atoms. The van der Waals surface area contributed by atoms with Crippen LogP contribution in [-0.2, 0) is 21.4 Å². The molecule has 0 saturated carbocycles. The maximum Gasteiger partial charge on any atom is 0.437 e. The van der Waals surface area contributed by atoms with Gasteiger partial charge >= 0.3 is 5.76 Å². The molecule has 0 radical (unpaired) electrons. The molecule has 3 fully saturated rings. The number of nitrogens with zero attached hydrogens (tertiary/aromatic N) is 7. The van der Waals surface area contributed by atoms with Gasteiger partial charge in [-0.1, -0.05) is 18.2 Å². The maximum absolute atomic E-state index is 14.0. The first-order valence-corrected chi connectivity index (χ1v) is 17.2. The van der Waals surface area contributed by atoms with Crippen LogP contribution in [0, 0.1) is 5.41 Å². The molecular weight excluding hydrogens is 624 g/mol.